The van der Waals surface area contributed by atoms with Gasteiger partial charge in [-0.3, -0.25) is 5.10 Å². The number of ether oxygens (including phenoxy) is 1. The second-order valence-electron chi connectivity index (χ2n) is 5.44. The number of thiazole rings is 1. The van der Waals surface area contributed by atoms with Crippen LogP contribution in [0.15, 0.2) is 36.0 Å². The molecular weight excluding hydrogens is 362 g/mol. The quantitative estimate of drug-likeness (QED) is 0.648. The molecule has 0 bridgehead atoms. The Morgan fingerprint density at radius 3 is 3.20 bits per heavy atom. The largest absolute Gasteiger partial charge is 0.492 e. The van der Waals surface area contributed by atoms with Crippen LogP contribution in [0, 0.1) is 0 Å². The number of nitrogens with one attached hydrogen (secondary N) is 3. The van der Waals surface area contributed by atoms with E-state index in [-0.39, 0.29) is 12.1 Å². The number of carbonyl (C=O) groups is 1. The fourth-order valence-corrected chi connectivity index (χ4v) is 3.63. The molecule has 0 saturated heterocycles. The lowest BCUT2D eigenvalue weighted by molar-refractivity contribution is 0.232. The Kier molecular flexibility index (Phi) is 4.29. The van der Waals surface area contributed by atoms with Crippen molar-refractivity contribution in [3.8, 4) is 16.5 Å². The highest BCUT2D eigenvalue weighted by Crippen LogP contribution is 2.37. The van der Waals surface area contributed by atoms with Crippen LogP contribution < -0.4 is 15.4 Å². The third-order valence-corrected chi connectivity index (χ3v) is 4.95. The van der Waals surface area contributed by atoms with E-state index in [9.17, 15) is 4.79 Å². The molecule has 4 rings (SSSR count). The average Bonchev–Trinajstić information content (AvgIpc) is 3.27. The van der Waals surface area contributed by atoms with Crippen molar-refractivity contribution in [1.82, 2.24) is 20.5 Å². The number of H-pyrrole nitrogens is 1. The summed E-state index contributed by atoms with van der Waals surface area (Å²) < 4.78 is 5.61. The highest BCUT2D eigenvalue weighted by atomic mass is 35.5. The number of anilines is 1. The first-order chi connectivity index (χ1) is 12.2. The number of fused-ring (bicyclic) bond motifs is 1. The Hall–Kier alpha value is -2.58. The van der Waals surface area contributed by atoms with Crippen molar-refractivity contribution in [2.45, 2.75) is 12.5 Å². The van der Waals surface area contributed by atoms with Gasteiger partial charge in [-0.05, 0) is 6.07 Å². The summed E-state index contributed by atoms with van der Waals surface area (Å²) in [5, 5.41) is 15.8. The number of amides is 2. The number of urea groups is 1. The van der Waals surface area contributed by atoms with Crippen molar-refractivity contribution in [2.24, 2.45) is 0 Å². The summed E-state index contributed by atoms with van der Waals surface area (Å²) in [5.74, 6) is 0.632. The van der Waals surface area contributed by atoms with Crippen LogP contribution in [0.1, 0.15) is 18.0 Å². The van der Waals surface area contributed by atoms with E-state index in [0.717, 1.165) is 10.6 Å². The molecule has 7 nitrogen and oxygen atoms in total. The van der Waals surface area contributed by atoms with Crippen molar-refractivity contribution in [1.29, 1.82) is 0 Å². The second kappa shape index (κ2) is 6.73. The summed E-state index contributed by atoms with van der Waals surface area (Å²) in [5.41, 5.74) is 2.13. The molecule has 3 N–H and O–H groups in total. The van der Waals surface area contributed by atoms with Gasteiger partial charge >= 0.3 is 6.03 Å². The summed E-state index contributed by atoms with van der Waals surface area (Å²) in [6.07, 6.45) is 3.93. The Labute approximate surface area is 152 Å². The van der Waals surface area contributed by atoms with E-state index in [2.05, 4.69) is 25.8 Å². The van der Waals surface area contributed by atoms with Crippen LogP contribution in [0.25, 0.3) is 10.7 Å². The lowest BCUT2D eigenvalue weighted by Crippen LogP contribution is -2.35. The molecular formula is C16H14ClN5O2S. The lowest BCUT2D eigenvalue weighted by Gasteiger charge is -2.27. The number of benzene rings is 1. The number of aromatic amines is 1. The van der Waals surface area contributed by atoms with Crippen molar-refractivity contribution >= 4 is 34.7 Å². The highest BCUT2D eigenvalue weighted by Gasteiger charge is 2.25. The number of nitrogens with zero attached hydrogens (tertiary/aromatic N) is 2. The Bertz CT molecular complexity index is 896. The zero-order chi connectivity index (χ0) is 17.2. The van der Waals surface area contributed by atoms with Crippen molar-refractivity contribution in [2.75, 3.05) is 11.9 Å². The van der Waals surface area contributed by atoms with E-state index in [1.165, 1.54) is 11.3 Å². The maximum Gasteiger partial charge on any atom is 0.319 e. The number of para-hydroxylation sites is 1. The normalized spacial score (nSPS) is 16.0. The molecule has 1 unspecified atom stereocenters. The highest BCUT2D eigenvalue weighted by molar-refractivity contribution is 7.13. The molecule has 1 aliphatic heterocycles. The van der Waals surface area contributed by atoms with Gasteiger partial charge in [-0.1, -0.05) is 23.7 Å². The molecule has 2 amide bonds. The third-order valence-electron chi connectivity index (χ3n) is 3.86. The van der Waals surface area contributed by atoms with Gasteiger partial charge in [0.2, 0.25) is 0 Å². The molecule has 0 radical (unpaired) electrons. The van der Waals surface area contributed by atoms with Gasteiger partial charge in [-0.2, -0.15) is 5.10 Å². The predicted octanol–water partition coefficient (Wildman–Crippen LogP) is 3.83. The first kappa shape index (κ1) is 15.9. The maximum absolute atomic E-state index is 12.4. The maximum atomic E-state index is 12.4. The Morgan fingerprint density at radius 1 is 1.44 bits per heavy atom. The molecule has 2 aromatic heterocycles. The monoisotopic (exact) mass is 375 g/mol. The van der Waals surface area contributed by atoms with E-state index >= 15 is 0 Å². The number of hydrogen-bond acceptors (Lipinski definition) is 5. The van der Waals surface area contributed by atoms with Crippen LogP contribution in [0.5, 0.6) is 5.75 Å². The van der Waals surface area contributed by atoms with Crippen LogP contribution in [0.2, 0.25) is 5.02 Å². The van der Waals surface area contributed by atoms with Crippen LogP contribution in [0.3, 0.4) is 0 Å². The summed E-state index contributed by atoms with van der Waals surface area (Å²) in [6.45, 7) is 0.498. The zero-order valence-corrected chi connectivity index (χ0v) is 14.5. The predicted molar refractivity (Wildman–Crippen MR) is 96.2 cm³/mol. The SMILES string of the molecule is O=C(Nc1cn[nH]c1-c1nccs1)NC1CCOc2c(Cl)cccc21. The molecule has 25 heavy (non-hydrogen) atoms. The van der Waals surface area contributed by atoms with Crippen molar-refractivity contribution < 1.29 is 9.53 Å². The first-order valence-electron chi connectivity index (χ1n) is 7.64. The topological polar surface area (TPSA) is 91.9 Å². The van der Waals surface area contributed by atoms with Gasteiger partial charge in [0.15, 0.2) is 0 Å². The Morgan fingerprint density at radius 2 is 2.36 bits per heavy atom. The van der Waals surface area contributed by atoms with Crippen LogP contribution >= 0.6 is 22.9 Å². The average molecular weight is 376 g/mol. The summed E-state index contributed by atoms with van der Waals surface area (Å²) in [6, 6.07) is 5.03. The van der Waals surface area contributed by atoms with Crippen molar-refractivity contribution in [3.05, 3.63) is 46.6 Å². The molecule has 128 valence electrons. The van der Waals surface area contributed by atoms with Gasteiger partial charge in [0.1, 0.15) is 16.5 Å². The minimum atomic E-state index is -0.322. The Balaban J connectivity index is 1.50. The van der Waals surface area contributed by atoms with Gasteiger partial charge in [-0.15, -0.1) is 11.3 Å². The van der Waals surface area contributed by atoms with Crippen LogP contribution in [0.4, 0.5) is 10.5 Å². The number of aromatic nitrogens is 3. The molecule has 0 spiro atoms. The fourth-order valence-electron chi connectivity index (χ4n) is 2.74. The molecule has 1 atom stereocenters. The van der Waals surface area contributed by atoms with E-state index in [1.54, 1.807) is 18.5 Å². The molecule has 0 saturated carbocycles. The standard InChI is InChI=1S/C16H14ClN5O2S/c17-10-3-1-2-9-11(4-6-24-14(9)10)20-16(23)21-12-8-19-22-13(12)15-18-5-7-25-15/h1-3,5,7-8,11H,4,6H2,(H,19,22)(H2,20,21,23). The van der Waals surface area contributed by atoms with Gasteiger partial charge in [0.05, 0.1) is 29.6 Å². The third kappa shape index (κ3) is 3.18. The smallest absolute Gasteiger partial charge is 0.319 e. The van der Waals surface area contributed by atoms with Gasteiger partial charge in [0, 0.05) is 23.6 Å². The minimum Gasteiger partial charge on any atom is -0.492 e. The molecule has 0 aliphatic carbocycles. The first-order valence-corrected chi connectivity index (χ1v) is 8.90. The molecule has 9 heteroatoms. The van der Waals surface area contributed by atoms with Crippen molar-refractivity contribution in [3.63, 3.8) is 0 Å². The fraction of sp³-hybridized carbons (Fsp3) is 0.188. The number of hydrogen-bond donors (Lipinski definition) is 3. The van der Waals surface area contributed by atoms with Crippen LogP contribution in [-0.4, -0.2) is 27.8 Å². The molecule has 0 fully saturated rings. The number of halogens is 1. The van der Waals surface area contributed by atoms with E-state index < -0.39 is 0 Å². The van der Waals surface area contributed by atoms with E-state index in [0.29, 0.717) is 35.2 Å². The minimum absolute atomic E-state index is 0.169. The molecule has 3 aromatic rings. The van der Waals surface area contributed by atoms with Gasteiger partial charge < -0.3 is 15.4 Å². The van der Waals surface area contributed by atoms with Gasteiger partial charge in [-0.25, -0.2) is 9.78 Å². The van der Waals surface area contributed by atoms with E-state index in [1.807, 2.05) is 17.5 Å². The molecule has 3 heterocycles. The van der Waals surface area contributed by atoms with Crippen LogP contribution in [-0.2, 0) is 0 Å². The summed E-state index contributed by atoms with van der Waals surface area (Å²) in [7, 11) is 0. The molecule has 1 aromatic carbocycles. The second-order valence-corrected chi connectivity index (χ2v) is 6.74. The summed E-state index contributed by atoms with van der Waals surface area (Å²) in [4.78, 5) is 16.7. The summed E-state index contributed by atoms with van der Waals surface area (Å²) >= 11 is 7.63. The molecule has 1 aliphatic rings. The lowest BCUT2D eigenvalue weighted by atomic mass is 10.0. The number of carbonyl (C=O) groups excluding carboxylic acids is 1. The zero-order valence-electron chi connectivity index (χ0n) is 13.0. The van der Waals surface area contributed by atoms with Gasteiger partial charge in [0.25, 0.3) is 0 Å². The number of rotatable bonds is 3. The van der Waals surface area contributed by atoms with E-state index in [4.69, 9.17) is 16.3 Å².